The SMILES string of the molecule is Fc1cccc(OCc2c[c-]ccc2)c1F.[Br-].[Mg+2]. The van der Waals surface area contributed by atoms with Gasteiger partial charge >= 0.3 is 23.1 Å². The molecule has 0 radical (unpaired) electrons. The summed E-state index contributed by atoms with van der Waals surface area (Å²) < 4.78 is 31.2. The van der Waals surface area contributed by atoms with Crippen molar-refractivity contribution in [2.24, 2.45) is 0 Å². The molecule has 0 saturated carbocycles. The molecular formula is C13H9BrF2MgO. The van der Waals surface area contributed by atoms with E-state index in [9.17, 15) is 8.78 Å². The minimum absolute atomic E-state index is 0. The number of hydrogen-bond acceptors (Lipinski definition) is 1. The normalized spacial score (nSPS) is 9.00. The summed E-state index contributed by atoms with van der Waals surface area (Å²) in [6.07, 6.45) is 0. The van der Waals surface area contributed by atoms with Crippen LogP contribution < -0.4 is 21.7 Å². The molecule has 5 heteroatoms. The fraction of sp³-hybridized carbons (Fsp3) is 0.0769. The molecule has 18 heavy (non-hydrogen) atoms. The second-order valence-corrected chi connectivity index (χ2v) is 3.25. The Hall–Kier alpha value is -0.654. The van der Waals surface area contributed by atoms with E-state index in [2.05, 4.69) is 6.07 Å². The fourth-order valence-electron chi connectivity index (χ4n) is 1.28. The van der Waals surface area contributed by atoms with Gasteiger partial charge in [-0.25, -0.2) is 4.39 Å². The number of rotatable bonds is 3. The van der Waals surface area contributed by atoms with Gasteiger partial charge in [-0.05, 0) is 12.1 Å². The molecule has 2 rings (SSSR count). The van der Waals surface area contributed by atoms with Crippen LogP contribution in [0.3, 0.4) is 0 Å². The van der Waals surface area contributed by atoms with E-state index in [0.29, 0.717) is 0 Å². The summed E-state index contributed by atoms with van der Waals surface area (Å²) in [6, 6.07) is 13.9. The first-order valence-electron chi connectivity index (χ1n) is 4.79. The van der Waals surface area contributed by atoms with Gasteiger partial charge in [0.15, 0.2) is 11.6 Å². The Morgan fingerprint density at radius 1 is 1.11 bits per heavy atom. The fourth-order valence-corrected chi connectivity index (χ4v) is 1.28. The second kappa shape index (κ2) is 8.45. The van der Waals surface area contributed by atoms with Crippen LogP contribution in [0.5, 0.6) is 5.75 Å². The average molecular weight is 323 g/mol. The molecule has 0 aliphatic rings. The van der Waals surface area contributed by atoms with Gasteiger partial charge in [0, 0.05) is 0 Å². The van der Waals surface area contributed by atoms with Gasteiger partial charge in [0.1, 0.15) is 0 Å². The van der Waals surface area contributed by atoms with Crippen LogP contribution >= 0.6 is 0 Å². The third-order valence-corrected chi connectivity index (χ3v) is 2.08. The van der Waals surface area contributed by atoms with E-state index in [4.69, 9.17) is 4.74 Å². The van der Waals surface area contributed by atoms with Crippen LogP contribution in [0.4, 0.5) is 8.78 Å². The Morgan fingerprint density at radius 2 is 1.89 bits per heavy atom. The van der Waals surface area contributed by atoms with Crippen molar-refractivity contribution in [1.82, 2.24) is 0 Å². The van der Waals surface area contributed by atoms with Gasteiger partial charge in [-0.15, -0.1) is 5.56 Å². The Balaban J connectivity index is 0.00000144. The van der Waals surface area contributed by atoms with Gasteiger partial charge < -0.3 is 21.7 Å². The van der Waals surface area contributed by atoms with E-state index in [1.165, 1.54) is 12.1 Å². The van der Waals surface area contributed by atoms with E-state index in [0.717, 1.165) is 11.6 Å². The summed E-state index contributed by atoms with van der Waals surface area (Å²) in [7, 11) is 0. The van der Waals surface area contributed by atoms with Crippen LogP contribution in [0.2, 0.25) is 0 Å². The maximum Gasteiger partial charge on any atom is 2.00 e. The van der Waals surface area contributed by atoms with Crippen molar-refractivity contribution in [3.05, 3.63) is 65.7 Å². The molecule has 90 valence electrons. The maximum atomic E-state index is 13.2. The molecule has 0 heterocycles. The van der Waals surface area contributed by atoms with Crippen molar-refractivity contribution in [1.29, 1.82) is 0 Å². The number of benzene rings is 2. The molecule has 0 amide bonds. The van der Waals surface area contributed by atoms with Crippen molar-refractivity contribution in [2.75, 3.05) is 0 Å². The first-order valence-corrected chi connectivity index (χ1v) is 4.79. The standard InChI is InChI=1S/C13H9F2O.BrH.Mg/c14-11-7-4-8-12(13(11)15)16-9-10-5-2-1-3-6-10;;/h1-2,4-8H,9H2;1H;/q-1;;+2/p-1. The summed E-state index contributed by atoms with van der Waals surface area (Å²) in [4.78, 5) is 0. The van der Waals surface area contributed by atoms with E-state index in [-0.39, 0.29) is 52.4 Å². The molecular weight excluding hydrogens is 314 g/mol. The van der Waals surface area contributed by atoms with Crippen LogP contribution in [0.15, 0.2) is 42.5 Å². The van der Waals surface area contributed by atoms with E-state index in [1.807, 2.05) is 6.07 Å². The third-order valence-electron chi connectivity index (χ3n) is 2.08. The third kappa shape index (κ3) is 4.55. The molecule has 0 fully saturated rings. The molecule has 0 aliphatic carbocycles. The van der Waals surface area contributed by atoms with Gasteiger partial charge in [0.05, 0.1) is 6.61 Å². The van der Waals surface area contributed by atoms with Crippen molar-refractivity contribution in [3.8, 4) is 5.75 Å². The Morgan fingerprint density at radius 3 is 2.56 bits per heavy atom. The van der Waals surface area contributed by atoms with Gasteiger partial charge in [0.25, 0.3) is 0 Å². The Labute approximate surface area is 131 Å². The van der Waals surface area contributed by atoms with Gasteiger partial charge in [0.2, 0.25) is 5.82 Å². The van der Waals surface area contributed by atoms with Gasteiger partial charge in [-0.2, -0.15) is 34.7 Å². The summed E-state index contributed by atoms with van der Waals surface area (Å²) in [5.74, 6) is -1.94. The molecule has 0 atom stereocenters. The largest absolute Gasteiger partial charge is 2.00 e. The smallest absolute Gasteiger partial charge is 1.00 e. The topological polar surface area (TPSA) is 9.23 Å². The van der Waals surface area contributed by atoms with Crippen LogP contribution in [-0.4, -0.2) is 23.1 Å². The van der Waals surface area contributed by atoms with Crippen molar-refractivity contribution >= 4 is 23.1 Å². The molecule has 0 spiro atoms. The van der Waals surface area contributed by atoms with Crippen LogP contribution in [0, 0.1) is 17.7 Å². The number of halogens is 3. The molecule has 0 bridgehead atoms. The second-order valence-electron chi connectivity index (χ2n) is 3.25. The summed E-state index contributed by atoms with van der Waals surface area (Å²) in [5, 5.41) is 0. The number of hydrogen-bond donors (Lipinski definition) is 0. The molecule has 0 N–H and O–H groups in total. The molecule has 2 aromatic carbocycles. The molecule has 2 aromatic rings. The molecule has 0 aliphatic heterocycles. The summed E-state index contributed by atoms with van der Waals surface area (Å²) >= 11 is 0. The summed E-state index contributed by atoms with van der Waals surface area (Å²) in [6.45, 7) is 0.192. The zero-order valence-electron chi connectivity index (χ0n) is 9.50. The molecule has 0 unspecified atom stereocenters. The Kier molecular flexibility index (Phi) is 8.14. The van der Waals surface area contributed by atoms with E-state index < -0.39 is 11.6 Å². The van der Waals surface area contributed by atoms with E-state index >= 15 is 0 Å². The molecule has 0 aromatic heterocycles. The molecule has 0 saturated heterocycles. The van der Waals surface area contributed by atoms with Crippen molar-refractivity contribution in [2.45, 2.75) is 6.61 Å². The van der Waals surface area contributed by atoms with Crippen LogP contribution in [-0.2, 0) is 6.61 Å². The molecule has 1 nitrogen and oxygen atoms in total. The average Bonchev–Trinajstić information content (AvgIpc) is 2.32. The van der Waals surface area contributed by atoms with Crippen LogP contribution in [0.25, 0.3) is 0 Å². The summed E-state index contributed by atoms with van der Waals surface area (Å²) in [5.41, 5.74) is 0.853. The van der Waals surface area contributed by atoms with Crippen molar-refractivity contribution in [3.63, 3.8) is 0 Å². The van der Waals surface area contributed by atoms with Gasteiger partial charge in [-0.1, -0.05) is 6.07 Å². The van der Waals surface area contributed by atoms with Crippen LogP contribution in [0.1, 0.15) is 5.56 Å². The predicted octanol–water partition coefficient (Wildman–Crippen LogP) is -0.0328. The number of ether oxygens (including phenoxy) is 1. The first kappa shape index (κ1) is 17.3. The van der Waals surface area contributed by atoms with Gasteiger partial charge in [-0.3, -0.25) is 0 Å². The maximum absolute atomic E-state index is 13.2. The zero-order chi connectivity index (χ0) is 11.4. The van der Waals surface area contributed by atoms with E-state index in [1.54, 1.807) is 18.2 Å². The zero-order valence-corrected chi connectivity index (χ0v) is 12.5. The predicted molar refractivity (Wildman–Crippen MR) is 61.7 cm³/mol. The minimum Gasteiger partial charge on any atom is -1.00 e. The quantitative estimate of drug-likeness (QED) is 0.569. The Bertz CT molecular complexity index is 480. The van der Waals surface area contributed by atoms with Crippen molar-refractivity contribution < 1.29 is 30.5 Å². The first-order chi connectivity index (χ1) is 7.77. The minimum atomic E-state index is -0.956. The monoisotopic (exact) mass is 322 g/mol.